The lowest BCUT2D eigenvalue weighted by Crippen LogP contribution is -2.41. The molecule has 1 aliphatic rings. The van der Waals surface area contributed by atoms with E-state index in [0.29, 0.717) is 22.1 Å². The number of allylic oxidation sites excluding steroid dienone is 3. The Morgan fingerprint density at radius 1 is 1.21 bits per heavy atom. The second kappa shape index (κ2) is 10.9. The standard InChI is InChI=1S/C23H27F3N2O4S/c1-5-30-21(29)22(3,4)32-18-11-10-17(12-14(18)2)31-13-19(27)33-20(28)15-6-8-16(9-7-15)23(24,25)26/h6,8,10-12,27-28H,5,7,9,13H2,1-4H3/p+1. The summed E-state index contributed by atoms with van der Waals surface area (Å²) in [4.78, 5) is 12.0. The summed E-state index contributed by atoms with van der Waals surface area (Å²) in [5, 5.41) is 14.4. The lowest BCUT2D eigenvalue weighted by Gasteiger charge is -2.25. The van der Waals surface area contributed by atoms with Crippen LogP contribution in [0.5, 0.6) is 11.5 Å². The average molecular weight is 486 g/mol. The molecule has 10 heteroatoms. The van der Waals surface area contributed by atoms with E-state index in [0.717, 1.165) is 23.4 Å². The minimum absolute atomic E-state index is 0.0118. The maximum atomic E-state index is 12.7. The van der Waals surface area contributed by atoms with E-state index in [9.17, 15) is 18.0 Å². The lowest BCUT2D eigenvalue weighted by molar-refractivity contribution is -0.158. The van der Waals surface area contributed by atoms with Crippen LogP contribution >= 0.6 is 11.8 Å². The summed E-state index contributed by atoms with van der Waals surface area (Å²) in [6, 6.07) is 5.07. The minimum Gasteiger partial charge on any atom is -0.482 e. The molecule has 0 saturated heterocycles. The highest BCUT2D eigenvalue weighted by Gasteiger charge is 2.34. The molecule has 1 aromatic carbocycles. The molecule has 2 rings (SSSR count). The zero-order chi connectivity index (χ0) is 24.8. The molecule has 0 bridgehead atoms. The Bertz CT molecular complexity index is 984. The van der Waals surface area contributed by atoms with Crippen molar-refractivity contribution in [3.63, 3.8) is 0 Å². The van der Waals surface area contributed by atoms with Crippen LogP contribution in [0.3, 0.4) is 0 Å². The van der Waals surface area contributed by atoms with Gasteiger partial charge in [0.1, 0.15) is 16.5 Å². The van der Waals surface area contributed by atoms with Gasteiger partial charge in [0.2, 0.25) is 0 Å². The minimum atomic E-state index is -4.34. The van der Waals surface area contributed by atoms with Gasteiger partial charge in [-0.25, -0.2) is 10.2 Å². The summed E-state index contributed by atoms with van der Waals surface area (Å²) in [6.45, 7) is 7.04. The van der Waals surface area contributed by atoms with Crippen molar-refractivity contribution in [2.75, 3.05) is 13.2 Å². The van der Waals surface area contributed by atoms with Crippen LogP contribution in [0, 0.1) is 12.3 Å². The van der Waals surface area contributed by atoms with Crippen molar-refractivity contribution in [2.24, 2.45) is 0 Å². The van der Waals surface area contributed by atoms with Crippen LogP contribution in [0.4, 0.5) is 13.2 Å². The van der Waals surface area contributed by atoms with Gasteiger partial charge in [0.25, 0.3) is 5.04 Å². The molecule has 0 unspecified atom stereocenters. The van der Waals surface area contributed by atoms with Gasteiger partial charge in [0.15, 0.2) is 12.2 Å². The molecule has 0 radical (unpaired) electrons. The van der Waals surface area contributed by atoms with Crippen molar-refractivity contribution in [3.05, 3.63) is 47.1 Å². The first-order valence-electron chi connectivity index (χ1n) is 10.3. The largest absolute Gasteiger partial charge is 0.482 e. The molecule has 0 amide bonds. The summed E-state index contributed by atoms with van der Waals surface area (Å²) < 4.78 is 54.6. The van der Waals surface area contributed by atoms with Gasteiger partial charge in [-0.2, -0.15) is 13.2 Å². The molecule has 0 spiro atoms. The quantitative estimate of drug-likeness (QED) is 0.327. The fraction of sp³-hybridized carbons (Fsp3) is 0.435. The number of alkyl halides is 3. The number of nitrogens with one attached hydrogen (secondary N) is 1. The van der Waals surface area contributed by atoms with Gasteiger partial charge >= 0.3 is 12.1 Å². The number of carbonyl (C=O) groups excluding carboxylic acids is 1. The first-order chi connectivity index (χ1) is 15.3. The molecule has 0 atom stereocenters. The van der Waals surface area contributed by atoms with Crippen LogP contribution in [0.15, 0.2) is 41.5 Å². The van der Waals surface area contributed by atoms with E-state index in [-0.39, 0.29) is 31.1 Å². The predicted octanol–water partition coefficient (Wildman–Crippen LogP) is 4.17. The summed E-state index contributed by atoms with van der Waals surface area (Å²) >= 11 is 0.955. The number of hydrogen-bond donors (Lipinski definition) is 2. The second-order valence-electron chi connectivity index (χ2n) is 7.83. The number of carbonyl (C=O) groups is 1. The summed E-state index contributed by atoms with van der Waals surface area (Å²) in [6.07, 6.45) is -2.04. The first kappa shape index (κ1) is 26.5. The van der Waals surface area contributed by atoms with Crippen LogP contribution in [-0.4, -0.2) is 41.0 Å². The number of rotatable bonds is 8. The van der Waals surface area contributed by atoms with E-state index < -0.39 is 23.3 Å². The zero-order valence-corrected chi connectivity index (χ0v) is 19.8. The van der Waals surface area contributed by atoms with Crippen LogP contribution in [0.25, 0.3) is 0 Å². The van der Waals surface area contributed by atoms with Gasteiger partial charge in [-0.05, 0) is 81.6 Å². The van der Waals surface area contributed by atoms with Crippen LogP contribution in [0.1, 0.15) is 39.2 Å². The van der Waals surface area contributed by atoms with Crippen molar-refractivity contribution in [2.45, 2.75) is 52.3 Å². The number of thioether (sulfide) groups is 1. The Kier molecular flexibility index (Phi) is 8.76. The maximum Gasteiger partial charge on any atom is 0.412 e. The van der Waals surface area contributed by atoms with Crippen LogP contribution < -0.4 is 14.9 Å². The molecule has 0 saturated carbocycles. The van der Waals surface area contributed by atoms with E-state index in [2.05, 4.69) is 0 Å². The van der Waals surface area contributed by atoms with Gasteiger partial charge in [-0.15, -0.1) is 0 Å². The highest BCUT2D eigenvalue weighted by atomic mass is 32.2. The van der Waals surface area contributed by atoms with Gasteiger partial charge in [0.05, 0.1) is 6.61 Å². The molecule has 180 valence electrons. The van der Waals surface area contributed by atoms with Gasteiger partial charge < -0.3 is 14.2 Å². The third kappa shape index (κ3) is 7.66. The Labute approximate surface area is 195 Å². The molecule has 1 aromatic rings. The van der Waals surface area contributed by atoms with Crippen molar-refractivity contribution in [1.29, 1.82) is 5.41 Å². The molecule has 0 aliphatic heterocycles. The smallest absolute Gasteiger partial charge is 0.412 e. The van der Waals surface area contributed by atoms with E-state index in [4.69, 9.17) is 25.0 Å². The molecule has 0 fully saturated rings. The van der Waals surface area contributed by atoms with Crippen LogP contribution in [-0.2, 0) is 9.53 Å². The Balaban J connectivity index is 1.91. The fourth-order valence-corrected chi connectivity index (χ4v) is 3.57. The van der Waals surface area contributed by atoms with Crippen molar-refractivity contribution in [1.82, 2.24) is 0 Å². The predicted molar refractivity (Wildman–Crippen MR) is 122 cm³/mol. The van der Waals surface area contributed by atoms with E-state index >= 15 is 0 Å². The number of benzene rings is 1. The normalized spacial score (nSPS) is 14.2. The molecule has 1 aliphatic carbocycles. The number of aryl methyl sites for hydroxylation is 1. The Morgan fingerprint density at radius 2 is 1.91 bits per heavy atom. The molecular formula is C23H28F3N2O4S+. The number of ether oxygens (including phenoxy) is 3. The SMILES string of the molecule is CCOC(=O)C(C)(C)Oc1ccc(OCC(=[NH2+])SC(=N)C2=CC=C(C(F)(F)F)CC2)cc1C. The van der Waals surface area contributed by atoms with Crippen LogP contribution in [0.2, 0.25) is 0 Å². The molecule has 6 nitrogen and oxygen atoms in total. The first-order valence-corrected chi connectivity index (χ1v) is 11.1. The topological polar surface area (TPSA) is 94.2 Å². The highest BCUT2D eigenvalue weighted by molar-refractivity contribution is 8.26. The number of halogens is 3. The maximum absolute atomic E-state index is 12.7. The molecule has 0 aromatic heterocycles. The molecule has 0 heterocycles. The summed E-state index contributed by atoms with van der Waals surface area (Å²) in [7, 11) is 0. The van der Waals surface area contributed by atoms with E-state index in [1.807, 2.05) is 0 Å². The van der Waals surface area contributed by atoms with Crippen molar-refractivity contribution in [3.8, 4) is 11.5 Å². The molecular weight excluding hydrogens is 457 g/mol. The number of hydrogen-bond acceptors (Lipinski definition) is 6. The van der Waals surface area contributed by atoms with Gasteiger partial charge in [0, 0.05) is 5.57 Å². The summed E-state index contributed by atoms with van der Waals surface area (Å²) in [5.41, 5.74) is -0.513. The van der Waals surface area contributed by atoms with Crippen molar-refractivity contribution < 1.29 is 37.6 Å². The highest BCUT2D eigenvalue weighted by Crippen LogP contribution is 2.34. The summed E-state index contributed by atoms with van der Waals surface area (Å²) in [5.74, 6) is 0.548. The van der Waals surface area contributed by atoms with Crippen molar-refractivity contribution >= 4 is 27.8 Å². The van der Waals surface area contributed by atoms with Gasteiger partial charge in [-0.1, -0.05) is 12.2 Å². The lowest BCUT2D eigenvalue weighted by atomic mass is 9.99. The average Bonchev–Trinajstić information content (AvgIpc) is 2.73. The third-order valence-corrected chi connectivity index (χ3v) is 5.54. The Hall–Kier alpha value is -2.75. The monoisotopic (exact) mass is 485 g/mol. The fourth-order valence-electron chi connectivity index (χ4n) is 2.89. The second-order valence-corrected chi connectivity index (χ2v) is 8.96. The van der Waals surface area contributed by atoms with E-state index in [1.54, 1.807) is 45.9 Å². The molecule has 3 N–H and O–H groups in total. The number of nitrogens with two attached hydrogens (primary N) is 1. The molecule has 33 heavy (non-hydrogen) atoms. The zero-order valence-electron chi connectivity index (χ0n) is 19.0. The third-order valence-electron chi connectivity index (χ3n) is 4.70. The number of esters is 1. The van der Waals surface area contributed by atoms with E-state index in [1.165, 1.54) is 6.08 Å². The Morgan fingerprint density at radius 3 is 2.45 bits per heavy atom. The van der Waals surface area contributed by atoms with Gasteiger partial charge in [-0.3, -0.25) is 5.41 Å².